The summed E-state index contributed by atoms with van der Waals surface area (Å²) in [6.45, 7) is 5.38. The second kappa shape index (κ2) is 9.89. The molecular formula is C27H30N4O3. The van der Waals surface area contributed by atoms with Gasteiger partial charge >= 0.3 is 0 Å². The van der Waals surface area contributed by atoms with E-state index in [4.69, 9.17) is 4.52 Å². The van der Waals surface area contributed by atoms with Gasteiger partial charge in [-0.15, -0.1) is 0 Å². The van der Waals surface area contributed by atoms with Gasteiger partial charge in [0, 0.05) is 50.1 Å². The number of aromatic nitrogens is 2. The average Bonchev–Trinajstić information content (AvgIpc) is 3.52. The lowest BCUT2D eigenvalue weighted by atomic mass is 10.0. The van der Waals surface area contributed by atoms with Crippen LogP contribution in [-0.4, -0.2) is 57.8 Å². The lowest BCUT2D eigenvalue weighted by molar-refractivity contribution is -0.133. The van der Waals surface area contributed by atoms with Crippen molar-refractivity contribution in [2.75, 3.05) is 26.2 Å². The summed E-state index contributed by atoms with van der Waals surface area (Å²) in [7, 11) is 0. The third kappa shape index (κ3) is 5.09. The lowest BCUT2D eigenvalue weighted by Gasteiger charge is -2.34. The Labute approximate surface area is 199 Å². The Kier molecular flexibility index (Phi) is 6.54. The van der Waals surface area contributed by atoms with Crippen molar-refractivity contribution in [3.8, 4) is 11.4 Å². The van der Waals surface area contributed by atoms with Crippen molar-refractivity contribution in [1.29, 1.82) is 0 Å². The SMILES string of the molecule is Cc1ccc(-c2noc(CN3CCN(C(=O)CCC(=O)c4ccc5c(c4)CCC5)CC3)n2)cc1. The molecule has 5 rings (SSSR count). The zero-order valence-corrected chi connectivity index (χ0v) is 19.6. The van der Waals surface area contributed by atoms with E-state index in [1.807, 2.05) is 48.2 Å². The highest BCUT2D eigenvalue weighted by atomic mass is 16.5. The summed E-state index contributed by atoms with van der Waals surface area (Å²) < 4.78 is 5.44. The van der Waals surface area contributed by atoms with Gasteiger partial charge in [-0.05, 0) is 43.4 Å². The molecule has 0 unspecified atom stereocenters. The van der Waals surface area contributed by atoms with Crippen LogP contribution < -0.4 is 0 Å². The molecule has 34 heavy (non-hydrogen) atoms. The van der Waals surface area contributed by atoms with E-state index in [1.165, 1.54) is 16.7 Å². The molecule has 2 aromatic carbocycles. The van der Waals surface area contributed by atoms with Crippen molar-refractivity contribution >= 4 is 11.7 Å². The minimum absolute atomic E-state index is 0.0496. The third-order valence-corrected chi connectivity index (χ3v) is 6.85. The van der Waals surface area contributed by atoms with E-state index < -0.39 is 0 Å². The summed E-state index contributed by atoms with van der Waals surface area (Å²) in [5.74, 6) is 1.28. The van der Waals surface area contributed by atoms with Crippen LogP contribution in [0.4, 0.5) is 0 Å². The molecule has 7 nitrogen and oxygen atoms in total. The highest BCUT2D eigenvalue weighted by Crippen LogP contribution is 2.24. The molecule has 2 aliphatic rings. The predicted molar refractivity (Wildman–Crippen MR) is 128 cm³/mol. The van der Waals surface area contributed by atoms with Crippen molar-refractivity contribution in [2.45, 2.75) is 45.6 Å². The summed E-state index contributed by atoms with van der Waals surface area (Å²) in [4.78, 5) is 33.9. The van der Waals surface area contributed by atoms with Gasteiger partial charge in [0.05, 0.1) is 6.54 Å². The van der Waals surface area contributed by atoms with E-state index in [2.05, 4.69) is 21.1 Å². The summed E-state index contributed by atoms with van der Waals surface area (Å²) in [5, 5.41) is 4.10. The molecule has 1 aromatic heterocycles. The first-order valence-electron chi connectivity index (χ1n) is 12.1. The Balaban J connectivity index is 1.07. The Bertz CT molecular complexity index is 1180. The number of Topliss-reactive ketones (excluding diaryl/α,β-unsaturated/α-hetero) is 1. The molecule has 0 spiro atoms. The number of ketones is 1. The maximum Gasteiger partial charge on any atom is 0.241 e. The largest absolute Gasteiger partial charge is 0.340 e. The van der Waals surface area contributed by atoms with Crippen LogP contribution >= 0.6 is 0 Å². The number of nitrogens with zero attached hydrogens (tertiary/aromatic N) is 4. The second-order valence-electron chi connectivity index (χ2n) is 9.29. The maximum absolute atomic E-state index is 12.7. The van der Waals surface area contributed by atoms with E-state index in [9.17, 15) is 9.59 Å². The molecular weight excluding hydrogens is 428 g/mol. The average molecular weight is 459 g/mol. The van der Waals surface area contributed by atoms with E-state index >= 15 is 0 Å². The van der Waals surface area contributed by atoms with Gasteiger partial charge in [0.2, 0.25) is 17.6 Å². The van der Waals surface area contributed by atoms with Crippen molar-refractivity contribution in [3.63, 3.8) is 0 Å². The molecule has 0 saturated carbocycles. The molecule has 0 bridgehead atoms. The number of rotatable bonds is 7. The number of carbonyl (C=O) groups is 2. The van der Waals surface area contributed by atoms with Gasteiger partial charge in [0.1, 0.15) is 0 Å². The van der Waals surface area contributed by atoms with Gasteiger partial charge in [-0.1, -0.05) is 47.1 Å². The standard InChI is InChI=1S/C27H30N4O3/c1-19-5-7-21(8-6-19)27-28-25(34-29-27)18-30-13-15-31(16-14-30)26(33)12-11-24(32)23-10-9-20-3-2-4-22(20)17-23/h5-10,17H,2-4,11-16,18H2,1H3. The van der Waals surface area contributed by atoms with Gasteiger partial charge in [0.25, 0.3) is 0 Å². The van der Waals surface area contributed by atoms with Crippen molar-refractivity contribution < 1.29 is 14.1 Å². The molecule has 2 heterocycles. The Morgan fingerprint density at radius 2 is 1.71 bits per heavy atom. The lowest BCUT2D eigenvalue weighted by Crippen LogP contribution is -2.48. The fraction of sp³-hybridized carbons (Fsp3) is 0.407. The summed E-state index contributed by atoms with van der Waals surface area (Å²) in [6, 6.07) is 14.0. The van der Waals surface area contributed by atoms with Crippen LogP contribution in [0.5, 0.6) is 0 Å². The Morgan fingerprint density at radius 3 is 2.50 bits per heavy atom. The van der Waals surface area contributed by atoms with Gasteiger partial charge < -0.3 is 9.42 Å². The highest BCUT2D eigenvalue weighted by molar-refractivity contribution is 5.98. The molecule has 1 aliphatic heterocycles. The first kappa shape index (κ1) is 22.5. The van der Waals surface area contributed by atoms with Crippen molar-refractivity contribution in [3.05, 3.63) is 70.6 Å². The smallest absolute Gasteiger partial charge is 0.241 e. The van der Waals surface area contributed by atoms with Crippen LogP contribution in [0.2, 0.25) is 0 Å². The number of piperazine rings is 1. The van der Waals surface area contributed by atoms with Gasteiger partial charge in [-0.25, -0.2) is 0 Å². The topological polar surface area (TPSA) is 79.5 Å². The zero-order valence-electron chi connectivity index (χ0n) is 19.6. The van der Waals surface area contributed by atoms with Crippen LogP contribution in [0.1, 0.15) is 52.2 Å². The fourth-order valence-electron chi connectivity index (χ4n) is 4.75. The summed E-state index contributed by atoms with van der Waals surface area (Å²) in [5.41, 5.74) is 5.51. The van der Waals surface area contributed by atoms with Gasteiger partial charge in [-0.3, -0.25) is 14.5 Å². The Morgan fingerprint density at radius 1 is 0.941 bits per heavy atom. The number of hydrogen-bond acceptors (Lipinski definition) is 6. The first-order valence-corrected chi connectivity index (χ1v) is 12.1. The Hall–Kier alpha value is -3.32. The molecule has 7 heteroatoms. The normalized spacial score (nSPS) is 16.0. The zero-order chi connectivity index (χ0) is 23.5. The number of aryl methyl sites for hydroxylation is 3. The minimum Gasteiger partial charge on any atom is -0.340 e. The van der Waals surface area contributed by atoms with Crippen molar-refractivity contribution in [2.24, 2.45) is 0 Å². The quantitative estimate of drug-likeness (QED) is 0.501. The van der Waals surface area contributed by atoms with E-state index in [0.29, 0.717) is 31.3 Å². The first-order chi connectivity index (χ1) is 16.5. The summed E-state index contributed by atoms with van der Waals surface area (Å²) in [6.07, 6.45) is 3.85. The molecule has 0 atom stereocenters. The van der Waals surface area contributed by atoms with E-state index in [-0.39, 0.29) is 24.5 Å². The second-order valence-corrected chi connectivity index (χ2v) is 9.29. The molecule has 1 fully saturated rings. The van der Waals surface area contributed by atoms with Crippen molar-refractivity contribution in [1.82, 2.24) is 19.9 Å². The molecule has 3 aromatic rings. The van der Waals surface area contributed by atoms with Crippen LogP contribution in [0.15, 0.2) is 47.0 Å². The number of carbonyl (C=O) groups excluding carboxylic acids is 2. The van der Waals surface area contributed by atoms with Gasteiger partial charge in [-0.2, -0.15) is 4.98 Å². The molecule has 1 amide bonds. The van der Waals surface area contributed by atoms with Crippen LogP contribution in [0.3, 0.4) is 0 Å². The van der Waals surface area contributed by atoms with Gasteiger partial charge in [0.15, 0.2) is 5.78 Å². The predicted octanol–water partition coefficient (Wildman–Crippen LogP) is 3.84. The molecule has 0 radical (unpaired) electrons. The highest BCUT2D eigenvalue weighted by Gasteiger charge is 2.23. The van der Waals surface area contributed by atoms with Crippen LogP contribution in [0, 0.1) is 6.92 Å². The summed E-state index contributed by atoms with van der Waals surface area (Å²) >= 11 is 0. The van der Waals surface area contributed by atoms with Crippen LogP contribution in [0.25, 0.3) is 11.4 Å². The van der Waals surface area contributed by atoms with E-state index in [1.54, 1.807) is 0 Å². The monoisotopic (exact) mass is 458 g/mol. The number of fused-ring (bicyclic) bond motifs is 1. The molecule has 1 aliphatic carbocycles. The minimum atomic E-state index is 0.0496. The van der Waals surface area contributed by atoms with E-state index in [0.717, 1.165) is 43.5 Å². The third-order valence-electron chi connectivity index (χ3n) is 6.85. The fourth-order valence-corrected chi connectivity index (χ4v) is 4.75. The number of amides is 1. The van der Waals surface area contributed by atoms with Crippen LogP contribution in [-0.2, 0) is 24.2 Å². The number of benzene rings is 2. The number of hydrogen-bond donors (Lipinski definition) is 0. The molecule has 176 valence electrons. The molecule has 1 saturated heterocycles. The molecule has 0 N–H and O–H groups in total. The maximum atomic E-state index is 12.7.